The van der Waals surface area contributed by atoms with Crippen molar-refractivity contribution in [1.82, 2.24) is 10.6 Å². The second kappa shape index (κ2) is 6.86. The molecule has 94 valence electrons. The van der Waals surface area contributed by atoms with E-state index in [1.807, 2.05) is 6.92 Å². The molecule has 0 aliphatic heterocycles. The molecular weight excluding hydrogens is 204 g/mol. The molecule has 0 radical (unpaired) electrons. The highest BCUT2D eigenvalue weighted by molar-refractivity contribution is 5.78. The highest BCUT2D eigenvalue weighted by Crippen LogP contribution is 2.17. The van der Waals surface area contributed by atoms with E-state index in [4.69, 9.17) is 0 Å². The lowest BCUT2D eigenvalue weighted by Gasteiger charge is -2.17. The van der Waals surface area contributed by atoms with E-state index in [0.717, 1.165) is 0 Å². The number of carbonyl (C=O) groups excluding carboxylic acids is 1. The van der Waals surface area contributed by atoms with Crippen LogP contribution >= 0.6 is 0 Å². The zero-order valence-corrected chi connectivity index (χ0v) is 10.3. The predicted molar refractivity (Wildman–Crippen MR) is 64.2 cm³/mol. The maximum atomic E-state index is 11.5. The largest absolute Gasteiger partial charge is 0.393 e. The molecule has 2 unspecified atom stereocenters. The van der Waals surface area contributed by atoms with Crippen molar-refractivity contribution in [2.75, 3.05) is 6.54 Å². The number of rotatable bonds is 6. The SMILES string of the molecule is CC(O)CC(C)NC(=O)CNC1CCCC1. The number of hydrogen-bond donors (Lipinski definition) is 3. The van der Waals surface area contributed by atoms with Crippen LogP contribution in [0.4, 0.5) is 0 Å². The molecule has 3 N–H and O–H groups in total. The van der Waals surface area contributed by atoms with E-state index in [1.165, 1.54) is 25.7 Å². The van der Waals surface area contributed by atoms with Gasteiger partial charge in [-0.05, 0) is 33.1 Å². The molecule has 1 amide bonds. The minimum atomic E-state index is -0.363. The molecule has 16 heavy (non-hydrogen) atoms. The van der Waals surface area contributed by atoms with Crippen LogP contribution < -0.4 is 10.6 Å². The van der Waals surface area contributed by atoms with Crippen molar-refractivity contribution in [3.8, 4) is 0 Å². The lowest BCUT2D eigenvalue weighted by atomic mass is 10.1. The average molecular weight is 228 g/mol. The molecule has 2 atom stereocenters. The lowest BCUT2D eigenvalue weighted by molar-refractivity contribution is -0.121. The summed E-state index contributed by atoms with van der Waals surface area (Å²) in [7, 11) is 0. The van der Waals surface area contributed by atoms with Gasteiger partial charge in [-0.25, -0.2) is 0 Å². The van der Waals surface area contributed by atoms with E-state index in [1.54, 1.807) is 6.92 Å². The Bertz CT molecular complexity index is 213. The molecule has 1 saturated carbocycles. The van der Waals surface area contributed by atoms with Gasteiger partial charge in [-0.2, -0.15) is 0 Å². The quantitative estimate of drug-likeness (QED) is 0.630. The van der Waals surface area contributed by atoms with Gasteiger partial charge in [0.15, 0.2) is 0 Å². The third kappa shape index (κ3) is 5.47. The van der Waals surface area contributed by atoms with Gasteiger partial charge < -0.3 is 15.7 Å². The number of aliphatic hydroxyl groups excluding tert-OH is 1. The Balaban J connectivity index is 2.09. The standard InChI is InChI=1S/C12H24N2O2/c1-9(7-10(2)15)14-12(16)8-13-11-5-3-4-6-11/h9-11,13,15H,3-8H2,1-2H3,(H,14,16). The molecule has 4 heteroatoms. The van der Waals surface area contributed by atoms with Crippen molar-refractivity contribution in [3.63, 3.8) is 0 Å². The van der Waals surface area contributed by atoms with Crippen LogP contribution in [0.2, 0.25) is 0 Å². The number of carbonyl (C=O) groups is 1. The normalized spacial score (nSPS) is 20.7. The minimum absolute atomic E-state index is 0.0278. The first kappa shape index (κ1) is 13.5. The second-order valence-corrected chi connectivity index (χ2v) is 4.92. The maximum Gasteiger partial charge on any atom is 0.234 e. The van der Waals surface area contributed by atoms with Gasteiger partial charge in [0.25, 0.3) is 0 Å². The van der Waals surface area contributed by atoms with Crippen LogP contribution in [0.5, 0.6) is 0 Å². The molecule has 4 nitrogen and oxygen atoms in total. The highest BCUT2D eigenvalue weighted by Gasteiger charge is 2.16. The molecule has 1 fully saturated rings. The predicted octanol–water partition coefficient (Wildman–Crippen LogP) is 0.794. The number of nitrogens with one attached hydrogen (secondary N) is 2. The van der Waals surface area contributed by atoms with Gasteiger partial charge in [0.1, 0.15) is 0 Å². The lowest BCUT2D eigenvalue weighted by Crippen LogP contribution is -2.42. The zero-order valence-electron chi connectivity index (χ0n) is 10.3. The highest BCUT2D eigenvalue weighted by atomic mass is 16.3. The summed E-state index contributed by atoms with van der Waals surface area (Å²) in [6.07, 6.45) is 5.18. The van der Waals surface area contributed by atoms with E-state index in [2.05, 4.69) is 10.6 Å². The summed E-state index contributed by atoms with van der Waals surface area (Å²) >= 11 is 0. The second-order valence-electron chi connectivity index (χ2n) is 4.92. The average Bonchev–Trinajstić information content (AvgIpc) is 2.65. The number of hydrogen-bond acceptors (Lipinski definition) is 3. The van der Waals surface area contributed by atoms with Crippen molar-refractivity contribution >= 4 is 5.91 Å². The molecule has 0 aromatic heterocycles. The summed E-state index contributed by atoms with van der Waals surface area (Å²) in [6.45, 7) is 4.05. The van der Waals surface area contributed by atoms with Crippen molar-refractivity contribution < 1.29 is 9.90 Å². The third-order valence-electron chi connectivity index (χ3n) is 3.01. The Morgan fingerprint density at radius 3 is 2.56 bits per heavy atom. The third-order valence-corrected chi connectivity index (χ3v) is 3.01. The van der Waals surface area contributed by atoms with Crippen LogP contribution in [-0.4, -0.2) is 35.7 Å². The summed E-state index contributed by atoms with van der Waals surface area (Å²) in [5.74, 6) is 0.0278. The molecule has 0 aromatic rings. The first-order valence-corrected chi connectivity index (χ1v) is 6.28. The van der Waals surface area contributed by atoms with Gasteiger partial charge >= 0.3 is 0 Å². The first-order chi connectivity index (χ1) is 7.58. The van der Waals surface area contributed by atoms with E-state index in [9.17, 15) is 9.90 Å². The summed E-state index contributed by atoms with van der Waals surface area (Å²) < 4.78 is 0. The Labute approximate surface area is 97.8 Å². The van der Waals surface area contributed by atoms with Gasteiger partial charge in [-0.3, -0.25) is 4.79 Å². The van der Waals surface area contributed by atoms with Crippen molar-refractivity contribution in [1.29, 1.82) is 0 Å². The molecule has 0 saturated heterocycles. The summed E-state index contributed by atoms with van der Waals surface area (Å²) in [4.78, 5) is 11.5. The number of amides is 1. The smallest absolute Gasteiger partial charge is 0.234 e. The summed E-state index contributed by atoms with van der Waals surface area (Å²) in [5, 5.41) is 15.3. The van der Waals surface area contributed by atoms with Crippen molar-refractivity contribution in [3.05, 3.63) is 0 Å². The Hall–Kier alpha value is -0.610. The Morgan fingerprint density at radius 1 is 1.38 bits per heavy atom. The first-order valence-electron chi connectivity index (χ1n) is 6.28. The minimum Gasteiger partial charge on any atom is -0.393 e. The Kier molecular flexibility index (Phi) is 5.77. The zero-order chi connectivity index (χ0) is 12.0. The molecule has 0 aromatic carbocycles. The van der Waals surface area contributed by atoms with E-state index >= 15 is 0 Å². The van der Waals surface area contributed by atoms with Crippen LogP contribution in [0.1, 0.15) is 46.0 Å². The van der Waals surface area contributed by atoms with Gasteiger partial charge in [0.2, 0.25) is 5.91 Å². The molecule has 0 bridgehead atoms. The fourth-order valence-electron chi connectivity index (χ4n) is 2.26. The fourth-order valence-corrected chi connectivity index (χ4v) is 2.26. The van der Waals surface area contributed by atoms with E-state index in [-0.39, 0.29) is 18.1 Å². The van der Waals surface area contributed by atoms with Crippen LogP contribution in [-0.2, 0) is 4.79 Å². The number of aliphatic hydroxyl groups is 1. The topological polar surface area (TPSA) is 61.4 Å². The van der Waals surface area contributed by atoms with Gasteiger partial charge in [-0.15, -0.1) is 0 Å². The summed E-state index contributed by atoms with van der Waals surface area (Å²) in [5.41, 5.74) is 0. The maximum absolute atomic E-state index is 11.5. The van der Waals surface area contributed by atoms with Crippen LogP contribution in [0.3, 0.4) is 0 Å². The molecule has 1 aliphatic carbocycles. The van der Waals surface area contributed by atoms with Crippen LogP contribution in [0.15, 0.2) is 0 Å². The molecule has 0 spiro atoms. The molecule has 1 aliphatic rings. The fraction of sp³-hybridized carbons (Fsp3) is 0.917. The van der Waals surface area contributed by atoms with Gasteiger partial charge in [-0.1, -0.05) is 12.8 Å². The van der Waals surface area contributed by atoms with Crippen molar-refractivity contribution in [2.45, 2.75) is 64.1 Å². The van der Waals surface area contributed by atoms with Crippen LogP contribution in [0, 0.1) is 0 Å². The van der Waals surface area contributed by atoms with E-state index in [0.29, 0.717) is 19.0 Å². The van der Waals surface area contributed by atoms with Gasteiger partial charge in [0.05, 0.1) is 12.6 Å². The van der Waals surface area contributed by atoms with Gasteiger partial charge in [0, 0.05) is 12.1 Å². The van der Waals surface area contributed by atoms with Crippen molar-refractivity contribution in [2.24, 2.45) is 0 Å². The van der Waals surface area contributed by atoms with Crippen LogP contribution in [0.25, 0.3) is 0 Å². The monoisotopic (exact) mass is 228 g/mol. The Morgan fingerprint density at radius 2 is 2.00 bits per heavy atom. The summed E-state index contributed by atoms with van der Waals surface area (Å²) in [6, 6.07) is 0.565. The molecule has 1 rings (SSSR count). The molecular formula is C12H24N2O2. The molecule has 0 heterocycles. The van der Waals surface area contributed by atoms with E-state index < -0.39 is 0 Å².